The molecule has 0 unspecified atom stereocenters. The van der Waals surface area contributed by atoms with Gasteiger partial charge in [-0.25, -0.2) is 9.37 Å². The van der Waals surface area contributed by atoms with Crippen LogP contribution in [0.1, 0.15) is 25.3 Å². The third kappa shape index (κ3) is 7.77. The molecule has 4 aromatic rings. The fraction of sp³-hybridized carbons (Fsp3) is 0.471. The Morgan fingerprint density at radius 2 is 1.76 bits per heavy atom. The zero-order valence-electron chi connectivity index (χ0n) is 29.0. The molecule has 49 heavy (non-hydrogen) atoms. The molecule has 2 aliphatic heterocycles. The number of hydrogen-bond donors (Lipinski definition) is 2. The summed E-state index contributed by atoms with van der Waals surface area (Å²) in [4.78, 5) is 18.1. The number of likely N-dealkylation sites (N-methyl/N-ethyl adjacent to an activating group) is 1. The van der Waals surface area contributed by atoms with Crippen molar-refractivity contribution in [2.75, 3.05) is 82.3 Å². The number of anilines is 5. The van der Waals surface area contributed by atoms with Crippen molar-refractivity contribution in [2.45, 2.75) is 32.2 Å². The summed E-state index contributed by atoms with van der Waals surface area (Å²) in [5.41, 5.74) is 4.08. The number of methoxy groups -OCH3 is 1. The minimum atomic E-state index is -3.09. The van der Waals surface area contributed by atoms with E-state index in [2.05, 4.69) is 82.5 Å². The van der Waals surface area contributed by atoms with E-state index < -0.39 is 13.0 Å². The number of halogens is 2. The number of ether oxygens (including phenoxy) is 1. The van der Waals surface area contributed by atoms with Crippen LogP contribution in [0.25, 0.3) is 11.3 Å². The molecule has 0 aliphatic carbocycles. The smallest absolute Gasteiger partial charge is 0.229 e. The lowest BCUT2D eigenvalue weighted by Gasteiger charge is -2.43. The van der Waals surface area contributed by atoms with Gasteiger partial charge < -0.3 is 29.7 Å². The van der Waals surface area contributed by atoms with Crippen molar-refractivity contribution in [3.8, 4) is 17.0 Å². The van der Waals surface area contributed by atoms with Crippen molar-refractivity contribution >= 4 is 57.2 Å². The number of aromatic nitrogens is 5. The summed E-state index contributed by atoms with van der Waals surface area (Å²) in [5, 5.41) is 14.9. The molecule has 2 saturated heterocycles. The largest absolute Gasteiger partial charge is 0.494 e. The second kappa shape index (κ2) is 14.7. The first kappa shape index (κ1) is 35.3. The number of nitrogens with one attached hydrogen (secondary N) is 2. The van der Waals surface area contributed by atoms with Crippen LogP contribution in [0.5, 0.6) is 5.75 Å². The highest BCUT2D eigenvalue weighted by atomic mass is 79.9. The predicted molar refractivity (Wildman–Crippen MR) is 198 cm³/mol. The zero-order valence-corrected chi connectivity index (χ0v) is 31.5. The first-order valence-electron chi connectivity index (χ1n) is 16.6. The van der Waals surface area contributed by atoms with Gasteiger partial charge in [0.15, 0.2) is 0 Å². The van der Waals surface area contributed by atoms with E-state index in [-0.39, 0.29) is 10.9 Å². The maximum atomic E-state index is 16.0. The third-order valence-electron chi connectivity index (χ3n) is 9.41. The van der Waals surface area contributed by atoms with Crippen LogP contribution in [0.15, 0.2) is 41.1 Å². The van der Waals surface area contributed by atoms with Gasteiger partial charge in [0, 0.05) is 75.9 Å². The van der Waals surface area contributed by atoms with Crippen LogP contribution in [-0.4, -0.2) is 108 Å². The second-order valence-corrected chi connectivity index (χ2v) is 17.1. The molecular formula is C34H45BrFN10O2P. The first-order chi connectivity index (χ1) is 23.4. The summed E-state index contributed by atoms with van der Waals surface area (Å²) in [6, 6.07) is 8.15. The molecule has 2 N–H and O–H groups in total. The Hall–Kier alpha value is -3.58. The molecule has 2 aromatic heterocycles. The lowest BCUT2D eigenvalue weighted by atomic mass is 9.99. The number of piperazine rings is 1. The summed E-state index contributed by atoms with van der Waals surface area (Å²) in [7, 11) is 2.44. The third-order valence-corrected chi connectivity index (χ3v) is 11.5. The van der Waals surface area contributed by atoms with Gasteiger partial charge in [-0.3, -0.25) is 4.90 Å². The van der Waals surface area contributed by atoms with Gasteiger partial charge in [-0.2, -0.15) is 20.0 Å². The summed E-state index contributed by atoms with van der Waals surface area (Å²) < 4.78 is 35.8. The molecule has 4 heterocycles. The Morgan fingerprint density at radius 1 is 1.02 bits per heavy atom. The van der Waals surface area contributed by atoms with Crippen molar-refractivity contribution in [1.82, 2.24) is 34.8 Å². The Morgan fingerprint density at radius 3 is 2.39 bits per heavy atom. The highest BCUT2D eigenvalue weighted by Gasteiger charge is 2.29. The van der Waals surface area contributed by atoms with Crippen LogP contribution in [0.2, 0.25) is 0 Å². The molecule has 0 saturated carbocycles. The van der Waals surface area contributed by atoms with E-state index in [1.54, 1.807) is 32.5 Å². The Kier molecular flexibility index (Phi) is 10.6. The average Bonchev–Trinajstić information content (AvgIpc) is 3.51. The van der Waals surface area contributed by atoms with Crippen molar-refractivity contribution in [3.05, 3.63) is 52.5 Å². The SMILES string of the molecule is CCc1cc(Nc2ncc(Br)c(Nc3ccc(-c4cnn(C)n4)c(F)c3P(C)(C)=O)n2)c(OC)cc1N1CCC(N2CCN(C)CC2)CC1. The lowest BCUT2D eigenvalue weighted by Crippen LogP contribution is -2.52. The van der Waals surface area contributed by atoms with Gasteiger partial charge in [0.1, 0.15) is 30.2 Å². The van der Waals surface area contributed by atoms with Gasteiger partial charge in [0.05, 0.1) is 34.5 Å². The van der Waals surface area contributed by atoms with Crippen LogP contribution in [-0.2, 0) is 18.0 Å². The molecule has 12 nitrogen and oxygen atoms in total. The standard InChI is InChI=1S/C34H45BrFN10O2P/c1-7-22-18-27(30(48-4)19-29(22)46-12-10-23(11-13-46)45-16-14-43(2)15-17-45)40-34-37-20-25(35)33(41-34)39-26-9-8-24(28-21-38-44(3)42-28)31(36)32(26)49(5,6)47/h8-9,18-21,23H,7,10-17H2,1-6H3,(H2,37,39,40,41). The van der Waals surface area contributed by atoms with Crippen molar-refractivity contribution < 1.29 is 13.7 Å². The van der Waals surface area contributed by atoms with E-state index in [1.165, 1.54) is 35.6 Å². The van der Waals surface area contributed by atoms with E-state index in [9.17, 15) is 4.57 Å². The van der Waals surface area contributed by atoms with Gasteiger partial charge in [0.25, 0.3) is 0 Å². The van der Waals surface area contributed by atoms with Crippen LogP contribution in [0.3, 0.4) is 0 Å². The summed E-state index contributed by atoms with van der Waals surface area (Å²) >= 11 is 3.52. The van der Waals surface area contributed by atoms with Gasteiger partial charge in [-0.15, -0.1) is 0 Å². The molecule has 0 atom stereocenters. The monoisotopic (exact) mass is 754 g/mol. The number of rotatable bonds is 10. The second-order valence-electron chi connectivity index (χ2n) is 13.1. The van der Waals surface area contributed by atoms with Gasteiger partial charge in [0.2, 0.25) is 5.95 Å². The van der Waals surface area contributed by atoms with E-state index in [1.807, 2.05) is 0 Å². The minimum Gasteiger partial charge on any atom is -0.494 e. The number of benzene rings is 2. The molecule has 0 amide bonds. The van der Waals surface area contributed by atoms with E-state index >= 15 is 4.39 Å². The fourth-order valence-electron chi connectivity index (χ4n) is 6.74. The quantitative estimate of drug-likeness (QED) is 0.195. The molecule has 2 fully saturated rings. The highest BCUT2D eigenvalue weighted by molar-refractivity contribution is 9.10. The molecule has 0 bridgehead atoms. The molecule has 0 spiro atoms. The molecule has 6 rings (SSSR count). The van der Waals surface area contributed by atoms with Crippen LogP contribution in [0, 0.1) is 5.82 Å². The Labute approximate surface area is 295 Å². The molecule has 0 radical (unpaired) electrons. The van der Waals surface area contributed by atoms with Gasteiger partial charge >= 0.3 is 0 Å². The topological polar surface area (TPSA) is 117 Å². The van der Waals surface area contributed by atoms with E-state index in [4.69, 9.17) is 9.72 Å². The van der Waals surface area contributed by atoms with E-state index in [0.717, 1.165) is 64.2 Å². The minimum absolute atomic E-state index is 0.0769. The molecule has 262 valence electrons. The lowest BCUT2D eigenvalue weighted by molar-refractivity contribution is 0.0982. The zero-order chi connectivity index (χ0) is 34.9. The van der Waals surface area contributed by atoms with Gasteiger partial charge in [-0.1, -0.05) is 6.92 Å². The molecule has 2 aromatic carbocycles. The van der Waals surface area contributed by atoms with Crippen molar-refractivity contribution in [2.24, 2.45) is 7.05 Å². The van der Waals surface area contributed by atoms with Crippen molar-refractivity contribution in [1.29, 1.82) is 0 Å². The molecule has 2 aliphatic rings. The van der Waals surface area contributed by atoms with Crippen LogP contribution < -0.4 is 25.6 Å². The van der Waals surface area contributed by atoms with Gasteiger partial charge in [-0.05, 0) is 79.3 Å². The molecule has 15 heteroatoms. The maximum absolute atomic E-state index is 16.0. The van der Waals surface area contributed by atoms with Crippen molar-refractivity contribution in [3.63, 3.8) is 0 Å². The maximum Gasteiger partial charge on any atom is 0.229 e. The van der Waals surface area contributed by atoms with Crippen LogP contribution >= 0.6 is 23.1 Å². The van der Waals surface area contributed by atoms with E-state index in [0.29, 0.717) is 39.4 Å². The summed E-state index contributed by atoms with van der Waals surface area (Å²) in [5.74, 6) is 0.786. The highest BCUT2D eigenvalue weighted by Crippen LogP contribution is 2.42. The molecular weight excluding hydrogens is 710 g/mol. The summed E-state index contributed by atoms with van der Waals surface area (Å²) in [6.45, 7) is 11.8. The first-order valence-corrected chi connectivity index (χ1v) is 20.0. The number of aryl methyl sites for hydroxylation is 2. The number of piperidine rings is 1. The Bertz CT molecular complexity index is 1850. The summed E-state index contributed by atoms with van der Waals surface area (Å²) in [6.07, 6.45) is 6.25. The number of nitrogens with zero attached hydrogens (tertiary/aromatic N) is 8. The average molecular weight is 756 g/mol. The fourth-order valence-corrected chi connectivity index (χ4v) is 8.33. The predicted octanol–water partition coefficient (Wildman–Crippen LogP) is 5.70. The Balaban J connectivity index is 1.23. The van der Waals surface area contributed by atoms with Crippen LogP contribution in [0.4, 0.5) is 33.2 Å². The number of hydrogen-bond acceptors (Lipinski definition) is 11. The normalized spacial score (nSPS) is 16.6.